The Morgan fingerprint density at radius 1 is 0.774 bits per heavy atom. The first-order chi connectivity index (χ1) is 15.2. The highest BCUT2D eigenvalue weighted by Gasteiger charge is 2.12. The van der Waals surface area contributed by atoms with Crippen LogP contribution in [-0.4, -0.2) is 16.4 Å². The first kappa shape index (κ1) is 19.3. The number of aromatic nitrogens is 1. The SMILES string of the molecule is Cc1cc(-c2ccc(CCN3C=Cc4cc(-c5ccccc5)ccc4C3)cc2)ccn1. The molecule has 0 aliphatic carbocycles. The average molecular weight is 403 g/mol. The van der Waals surface area contributed by atoms with Gasteiger partial charge in [-0.25, -0.2) is 0 Å². The summed E-state index contributed by atoms with van der Waals surface area (Å²) in [6.07, 6.45) is 7.41. The number of nitrogens with zero attached hydrogens (tertiary/aromatic N) is 2. The molecule has 3 aromatic carbocycles. The molecule has 1 aromatic heterocycles. The van der Waals surface area contributed by atoms with Gasteiger partial charge >= 0.3 is 0 Å². The van der Waals surface area contributed by atoms with E-state index in [0.717, 1.165) is 25.2 Å². The Balaban J connectivity index is 1.23. The molecule has 0 bridgehead atoms. The lowest BCUT2D eigenvalue weighted by Gasteiger charge is -2.26. The highest BCUT2D eigenvalue weighted by Crippen LogP contribution is 2.27. The average Bonchev–Trinajstić information content (AvgIpc) is 2.83. The third kappa shape index (κ3) is 4.44. The Morgan fingerprint density at radius 2 is 1.52 bits per heavy atom. The number of rotatable bonds is 5. The largest absolute Gasteiger partial charge is 0.373 e. The van der Waals surface area contributed by atoms with Crippen LogP contribution in [0.3, 0.4) is 0 Å². The van der Waals surface area contributed by atoms with Crippen molar-refractivity contribution in [3.8, 4) is 22.3 Å². The molecule has 5 rings (SSSR count). The Morgan fingerprint density at radius 3 is 2.32 bits per heavy atom. The normalized spacial score (nSPS) is 12.6. The number of pyridine rings is 1. The van der Waals surface area contributed by atoms with Crippen LogP contribution in [-0.2, 0) is 13.0 Å². The van der Waals surface area contributed by atoms with Crippen LogP contribution in [0.5, 0.6) is 0 Å². The highest BCUT2D eigenvalue weighted by molar-refractivity contribution is 5.69. The number of hydrogen-bond acceptors (Lipinski definition) is 2. The summed E-state index contributed by atoms with van der Waals surface area (Å²) in [5, 5.41) is 0. The molecule has 0 unspecified atom stereocenters. The van der Waals surface area contributed by atoms with Crippen molar-refractivity contribution in [2.24, 2.45) is 0 Å². The van der Waals surface area contributed by atoms with Crippen molar-refractivity contribution in [2.45, 2.75) is 19.9 Å². The van der Waals surface area contributed by atoms with Gasteiger partial charge in [0.05, 0.1) is 0 Å². The summed E-state index contributed by atoms with van der Waals surface area (Å²) in [6, 6.07) is 30.5. The van der Waals surface area contributed by atoms with Crippen molar-refractivity contribution in [2.75, 3.05) is 6.54 Å². The first-order valence-electron chi connectivity index (χ1n) is 10.9. The Kier molecular flexibility index (Phi) is 5.37. The van der Waals surface area contributed by atoms with Crippen LogP contribution in [0.25, 0.3) is 28.3 Å². The van der Waals surface area contributed by atoms with Crippen LogP contribution in [0.4, 0.5) is 0 Å². The predicted molar refractivity (Wildman–Crippen MR) is 129 cm³/mol. The minimum atomic E-state index is 0.968. The second-order valence-electron chi connectivity index (χ2n) is 8.20. The molecule has 1 aliphatic rings. The van der Waals surface area contributed by atoms with E-state index in [2.05, 4.69) is 107 Å². The maximum Gasteiger partial charge on any atom is 0.0430 e. The summed E-state index contributed by atoms with van der Waals surface area (Å²) < 4.78 is 0. The molecule has 0 saturated heterocycles. The van der Waals surface area contributed by atoms with E-state index in [0.29, 0.717) is 0 Å². The molecule has 0 N–H and O–H groups in total. The van der Waals surface area contributed by atoms with Crippen LogP contribution < -0.4 is 0 Å². The molecule has 0 fully saturated rings. The van der Waals surface area contributed by atoms with Crippen molar-refractivity contribution in [1.29, 1.82) is 0 Å². The molecule has 0 saturated carbocycles. The molecule has 2 heterocycles. The van der Waals surface area contributed by atoms with Gasteiger partial charge in [0.1, 0.15) is 0 Å². The minimum absolute atomic E-state index is 0.968. The third-order valence-electron chi connectivity index (χ3n) is 5.96. The fourth-order valence-electron chi connectivity index (χ4n) is 4.18. The fraction of sp³-hybridized carbons (Fsp3) is 0.138. The predicted octanol–water partition coefficient (Wildman–Crippen LogP) is 6.75. The Bertz CT molecular complexity index is 1210. The zero-order valence-electron chi connectivity index (χ0n) is 17.8. The summed E-state index contributed by atoms with van der Waals surface area (Å²) in [6.45, 7) is 4.02. The van der Waals surface area contributed by atoms with Crippen LogP contribution in [0, 0.1) is 6.92 Å². The topological polar surface area (TPSA) is 16.1 Å². The zero-order valence-corrected chi connectivity index (χ0v) is 17.8. The van der Waals surface area contributed by atoms with E-state index in [9.17, 15) is 0 Å². The van der Waals surface area contributed by atoms with E-state index in [1.807, 2.05) is 13.1 Å². The van der Waals surface area contributed by atoms with Gasteiger partial charge in [-0.3, -0.25) is 4.98 Å². The molecule has 4 aromatic rings. The van der Waals surface area contributed by atoms with Gasteiger partial charge in [0.15, 0.2) is 0 Å². The number of benzene rings is 3. The van der Waals surface area contributed by atoms with Gasteiger partial charge in [-0.05, 0) is 82.8 Å². The van der Waals surface area contributed by atoms with E-state index in [1.165, 1.54) is 38.9 Å². The molecule has 2 heteroatoms. The Labute approximate surface area is 184 Å². The van der Waals surface area contributed by atoms with Gasteiger partial charge in [-0.1, -0.05) is 66.7 Å². The van der Waals surface area contributed by atoms with E-state index < -0.39 is 0 Å². The summed E-state index contributed by atoms with van der Waals surface area (Å²) in [5.74, 6) is 0. The molecular formula is C29H26N2. The Hall–Kier alpha value is -3.65. The monoisotopic (exact) mass is 402 g/mol. The van der Waals surface area contributed by atoms with Crippen LogP contribution in [0.2, 0.25) is 0 Å². The van der Waals surface area contributed by atoms with Gasteiger partial charge < -0.3 is 4.90 Å². The number of hydrogen-bond donors (Lipinski definition) is 0. The molecule has 152 valence electrons. The summed E-state index contributed by atoms with van der Waals surface area (Å²) in [5.41, 5.74) is 10.2. The molecule has 31 heavy (non-hydrogen) atoms. The molecule has 1 aliphatic heterocycles. The van der Waals surface area contributed by atoms with Crippen molar-refractivity contribution in [3.63, 3.8) is 0 Å². The van der Waals surface area contributed by atoms with Crippen molar-refractivity contribution in [3.05, 3.63) is 120 Å². The van der Waals surface area contributed by atoms with Gasteiger partial charge in [0.2, 0.25) is 0 Å². The molecule has 0 radical (unpaired) electrons. The van der Waals surface area contributed by atoms with E-state index in [-0.39, 0.29) is 0 Å². The molecule has 0 spiro atoms. The highest BCUT2D eigenvalue weighted by atomic mass is 15.1. The molecule has 2 nitrogen and oxygen atoms in total. The van der Waals surface area contributed by atoms with Gasteiger partial charge in [-0.15, -0.1) is 0 Å². The summed E-state index contributed by atoms with van der Waals surface area (Å²) >= 11 is 0. The standard InChI is InChI=1S/C29H26N2/c1-22-19-27(13-16-30-22)25-9-7-23(8-10-25)14-17-31-18-15-28-20-26(11-12-29(28)21-31)24-5-3-2-4-6-24/h2-13,15-16,18-20H,14,17,21H2,1H3. The third-order valence-corrected chi connectivity index (χ3v) is 5.96. The number of fused-ring (bicyclic) bond motifs is 1. The smallest absolute Gasteiger partial charge is 0.0430 e. The molecule has 0 atom stereocenters. The van der Waals surface area contributed by atoms with Crippen LogP contribution in [0.15, 0.2) is 97.3 Å². The zero-order chi connectivity index (χ0) is 21.0. The van der Waals surface area contributed by atoms with Crippen molar-refractivity contribution < 1.29 is 0 Å². The lowest BCUT2D eigenvalue weighted by atomic mass is 9.97. The lowest BCUT2D eigenvalue weighted by molar-refractivity contribution is 0.371. The fourth-order valence-corrected chi connectivity index (χ4v) is 4.18. The van der Waals surface area contributed by atoms with Crippen LogP contribution >= 0.6 is 0 Å². The van der Waals surface area contributed by atoms with Crippen LogP contribution in [0.1, 0.15) is 22.4 Å². The van der Waals surface area contributed by atoms with Gasteiger partial charge in [0.25, 0.3) is 0 Å². The van der Waals surface area contributed by atoms with E-state index in [1.54, 1.807) is 0 Å². The second kappa shape index (κ2) is 8.61. The van der Waals surface area contributed by atoms with E-state index >= 15 is 0 Å². The number of aryl methyl sites for hydroxylation is 1. The molecular weight excluding hydrogens is 376 g/mol. The maximum atomic E-state index is 4.29. The maximum absolute atomic E-state index is 4.29. The lowest BCUT2D eigenvalue weighted by Crippen LogP contribution is -2.22. The van der Waals surface area contributed by atoms with Crippen molar-refractivity contribution in [1.82, 2.24) is 9.88 Å². The summed E-state index contributed by atoms with van der Waals surface area (Å²) in [4.78, 5) is 6.70. The summed E-state index contributed by atoms with van der Waals surface area (Å²) in [7, 11) is 0. The second-order valence-corrected chi connectivity index (χ2v) is 8.20. The van der Waals surface area contributed by atoms with Gasteiger partial charge in [-0.2, -0.15) is 0 Å². The van der Waals surface area contributed by atoms with E-state index in [4.69, 9.17) is 0 Å². The quantitative estimate of drug-likeness (QED) is 0.367. The van der Waals surface area contributed by atoms with Gasteiger partial charge in [0, 0.05) is 25.0 Å². The minimum Gasteiger partial charge on any atom is -0.373 e. The molecule has 0 amide bonds. The first-order valence-corrected chi connectivity index (χ1v) is 10.9. The van der Waals surface area contributed by atoms with Crippen molar-refractivity contribution >= 4 is 6.08 Å².